The zero-order chi connectivity index (χ0) is 15.4. The summed E-state index contributed by atoms with van der Waals surface area (Å²) in [4.78, 5) is 20.4. The molecule has 2 heterocycles. The maximum absolute atomic E-state index is 12.1. The first-order valence-electron chi connectivity index (χ1n) is 6.87. The number of aromatic nitrogens is 2. The van der Waals surface area contributed by atoms with Crippen LogP contribution in [-0.4, -0.2) is 22.5 Å². The molecule has 0 atom stereocenters. The molecule has 22 heavy (non-hydrogen) atoms. The Morgan fingerprint density at radius 1 is 1.23 bits per heavy atom. The van der Waals surface area contributed by atoms with Crippen LogP contribution in [0, 0.1) is 0 Å². The van der Waals surface area contributed by atoms with Crippen molar-refractivity contribution in [1.82, 2.24) is 9.97 Å². The standard InChI is InChI=1S/C16H14N2O3S/c1-2-20-15(19)14-12(10-22-16-17-8-5-9-18-16)11-6-3-4-7-13(11)21-14/h3-9H,2,10H2,1H3. The van der Waals surface area contributed by atoms with Crippen LogP contribution in [0.25, 0.3) is 11.0 Å². The second-order valence-corrected chi connectivity index (χ2v) is 5.39. The lowest BCUT2D eigenvalue weighted by molar-refractivity contribution is 0.0491. The van der Waals surface area contributed by atoms with E-state index in [9.17, 15) is 4.79 Å². The van der Waals surface area contributed by atoms with Crippen LogP contribution in [-0.2, 0) is 10.5 Å². The maximum atomic E-state index is 12.1. The highest BCUT2D eigenvalue weighted by atomic mass is 32.2. The summed E-state index contributed by atoms with van der Waals surface area (Å²) in [5.41, 5.74) is 1.49. The second-order valence-electron chi connectivity index (χ2n) is 4.45. The van der Waals surface area contributed by atoms with Gasteiger partial charge in [0.1, 0.15) is 5.58 Å². The molecule has 6 heteroatoms. The number of hydrogen-bond acceptors (Lipinski definition) is 6. The quantitative estimate of drug-likeness (QED) is 0.406. The highest BCUT2D eigenvalue weighted by Crippen LogP contribution is 2.31. The van der Waals surface area contributed by atoms with Gasteiger partial charge >= 0.3 is 5.97 Å². The molecule has 0 bridgehead atoms. The lowest BCUT2D eigenvalue weighted by atomic mass is 10.1. The van der Waals surface area contributed by atoms with Crippen molar-refractivity contribution < 1.29 is 13.9 Å². The molecule has 0 radical (unpaired) electrons. The van der Waals surface area contributed by atoms with E-state index in [1.54, 1.807) is 25.4 Å². The monoisotopic (exact) mass is 314 g/mol. The van der Waals surface area contributed by atoms with Crippen LogP contribution >= 0.6 is 11.8 Å². The van der Waals surface area contributed by atoms with E-state index >= 15 is 0 Å². The van der Waals surface area contributed by atoms with Crippen molar-refractivity contribution >= 4 is 28.7 Å². The first-order chi connectivity index (χ1) is 10.8. The first-order valence-corrected chi connectivity index (χ1v) is 7.85. The largest absolute Gasteiger partial charge is 0.460 e. The van der Waals surface area contributed by atoms with Gasteiger partial charge in [0.05, 0.1) is 6.61 Å². The fraction of sp³-hybridized carbons (Fsp3) is 0.188. The Hall–Kier alpha value is -2.34. The van der Waals surface area contributed by atoms with Crippen LogP contribution in [0.4, 0.5) is 0 Å². The zero-order valence-corrected chi connectivity index (χ0v) is 12.8. The van der Waals surface area contributed by atoms with E-state index in [1.807, 2.05) is 24.3 Å². The van der Waals surface area contributed by atoms with Crippen molar-refractivity contribution in [3.05, 3.63) is 54.0 Å². The van der Waals surface area contributed by atoms with E-state index in [0.717, 1.165) is 10.9 Å². The van der Waals surface area contributed by atoms with E-state index in [1.165, 1.54) is 11.8 Å². The molecule has 0 aliphatic carbocycles. The summed E-state index contributed by atoms with van der Waals surface area (Å²) in [5, 5.41) is 1.57. The molecule has 0 saturated carbocycles. The van der Waals surface area contributed by atoms with Gasteiger partial charge in [0.2, 0.25) is 5.76 Å². The van der Waals surface area contributed by atoms with Gasteiger partial charge in [0, 0.05) is 29.1 Å². The van der Waals surface area contributed by atoms with Crippen LogP contribution in [0.2, 0.25) is 0 Å². The summed E-state index contributed by atoms with van der Waals surface area (Å²) in [6.07, 6.45) is 3.38. The number of ether oxygens (including phenoxy) is 1. The molecule has 0 fully saturated rings. The SMILES string of the molecule is CCOC(=O)c1oc2ccccc2c1CSc1ncccn1. The number of esters is 1. The number of carbonyl (C=O) groups is 1. The third-order valence-corrected chi connectivity index (χ3v) is 3.95. The van der Waals surface area contributed by atoms with Gasteiger partial charge < -0.3 is 9.15 Å². The van der Waals surface area contributed by atoms with Crippen LogP contribution in [0.15, 0.2) is 52.3 Å². The van der Waals surface area contributed by atoms with Crippen molar-refractivity contribution in [2.75, 3.05) is 6.61 Å². The molecule has 0 N–H and O–H groups in total. The topological polar surface area (TPSA) is 65.2 Å². The number of para-hydroxylation sites is 1. The molecule has 0 unspecified atom stereocenters. The summed E-state index contributed by atoms with van der Waals surface area (Å²) >= 11 is 1.45. The third kappa shape index (κ3) is 2.96. The first kappa shape index (κ1) is 14.6. The minimum atomic E-state index is -0.441. The van der Waals surface area contributed by atoms with Crippen molar-refractivity contribution in [2.45, 2.75) is 17.8 Å². The van der Waals surface area contributed by atoms with Gasteiger partial charge in [0.25, 0.3) is 0 Å². The van der Waals surface area contributed by atoms with Crippen molar-refractivity contribution in [2.24, 2.45) is 0 Å². The molecular formula is C16H14N2O3S. The number of benzene rings is 1. The number of fused-ring (bicyclic) bond motifs is 1. The highest BCUT2D eigenvalue weighted by Gasteiger charge is 2.21. The molecule has 3 aromatic rings. The second kappa shape index (κ2) is 6.62. The van der Waals surface area contributed by atoms with E-state index in [-0.39, 0.29) is 5.76 Å². The van der Waals surface area contributed by atoms with Gasteiger partial charge in [0.15, 0.2) is 5.16 Å². The van der Waals surface area contributed by atoms with Gasteiger partial charge in [-0.25, -0.2) is 14.8 Å². The number of hydrogen-bond donors (Lipinski definition) is 0. The molecule has 0 spiro atoms. The molecule has 3 rings (SSSR count). The molecule has 0 amide bonds. The molecule has 112 valence electrons. The van der Waals surface area contributed by atoms with Gasteiger partial charge in [-0.05, 0) is 19.1 Å². The predicted octanol–water partition coefficient (Wildman–Crippen LogP) is 3.69. The fourth-order valence-electron chi connectivity index (χ4n) is 2.10. The fourth-order valence-corrected chi connectivity index (χ4v) is 2.93. The predicted molar refractivity (Wildman–Crippen MR) is 83.8 cm³/mol. The van der Waals surface area contributed by atoms with Crippen LogP contribution in [0.1, 0.15) is 23.0 Å². The number of furan rings is 1. The molecule has 5 nitrogen and oxygen atoms in total. The van der Waals surface area contributed by atoms with Crippen molar-refractivity contribution in [3.8, 4) is 0 Å². The van der Waals surface area contributed by atoms with E-state index < -0.39 is 5.97 Å². The average Bonchev–Trinajstić information content (AvgIpc) is 2.93. The Morgan fingerprint density at radius 3 is 2.77 bits per heavy atom. The average molecular weight is 314 g/mol. The summed E-state index contributed by atoms with van der Waals surface area (Å²) in [7, 11) is 0. The van der Waals surface area contributed by atoms with Gasteiger partial charge in [-0.3, -0.25) is 0 Å². The van der Waals surface area contributed by atoms with E-state index in [2.05, 4.69) is 9.97 Å². The Labute approximate surface area is 131 Å². The van der Waals surface area contributed by atoms with Gasteiger partial charge in [-0.1, -0.05) is 30.0 Å². The molecule has 0 aliphatic rings. The Morgan fingerprint density at radius 2 is 2.00 bits per heavy atom. The lowest BCUT2D eigenvalue weighted by Crippen LogP contribution is -2.05. The van der Waals surface area contributed by atoms with Gasteiger partial charge in [-0.2, -0.15) is 0 Å². The molecular weight excluding hydrogens is 300 g/mol. The summed E-state index contributed by atoms with van der Waals surface area (Å²) in [6, 6.07) is 9.33. The molecule has 1 aromatic carbocycles. The number of rotatable bonds is 5. The van der Waals surface area contributed by atoms with Crippen LogP contribution < -0.4 is 0 Å². The summed E-state index contributed by atoms with van der Waals surface area (Å²) in [6.45, 7) is 2.08. The summed E-state index contributed by atoms with van der Waals surface area (Å²) < 4.78 is 10.8. The molecule has 0 aliphatic heterocycles. The zero-order valence-electron chi connectivity index (χ0n) is 12.0. The molecule has 0 saturated heterocycles. The Balaban J connectivity index is 1.95. The van der Waals surface area contributed by atoms with Crippen LogP contribution in [0.5, 0.6) is 0 Å². The Kier molecular flexibility index (Phi) is 4.39. The van der Waals surface area contributed by atoms with E-state index in [0.29, 0.717) is 23.1 Å². The van der Waals surface area contributed by atoms with Crippen molar-refractivity contribution in [1.29, 1.82) is 0 Å². The number of carbonyl (C=O) groups excluding carboxylic acids is 1. The number of thioether (sulfide) groups is 1. The lowest BCUT2D eigenvalue weighted by Gasteiger charge is -2.02. The molecule has 2 aromatic heterocycles. The number of nitrogens with zero attached hydrogens (tertiary/aromatic N) is 2. The minimum absolute atomic E-state index is 0.256. The smallest absolute Gasteiger partial charge is 0.374 e. The van der Waals surface area contributed by atoms with Crippen LogP contribution in [0.3, 0.4) is 0 Å². The van der Waals surface area contributed by atoms with E-state index in [4.69, 9.17) is 9.15 Å². The highest BCUT2D eigenvalue weighted by molar-refractivity contribution is 7.98. The Bertz CT molecular complexity index is 786. The summed E-state index contributed by atoms with van der Waals surface area (Å²) in [5.74, 6) is 0.351. The maximum Gasteiger partial charge on any atom is 0.374 e. The van der Waals surface area contributed by atoms with Gasteiger partial charge in [-0.15, -0.1) is 0 Å². The minimum Gasteiger partial charge on any atom is -0.460 e. The third-order valence-electron chi connectivity index (χ3n) is 3.05. The van der Waals surface area contributed by atoms with Crippen molar-refractivity contribution in [3.63, 3.8) is 0 Å². The normalized spacial score (nSPS) is 10.8.